The number of ether oxygens (including phenoxy) is 1. The lowest BCUT2D eigenvalue weighted by Crippen LogP contribution is -2.36. The van der Waals surface area contributed by atoms with Gasteiger partial charge in [0.25, 0.3) is 0 Å². The molecule has 6 nitrogen and oxygen atoms in total. The van der Waals surface area contributed by atoms with Crippen molar-refractivity contribution in [2.45, 2.75) is 45.3 Å². The zero-order valence-corrected chi connectivity index (χ0v) is 13.9. The lowest BCUT2D eigenvalue weighted by atomic mass is 9.98. The highest BCUT2D eigenvalue weighted by Crippen LogP contribution is 2.34. The summed E-state index contributed by atoms with van der Waals surface area (Å²) < 4.78 is 13.3. The van der Waals surface area contributed by atoms with Gasteiger partial charge in [-0.05, 0) is 37.8 Å². The van der Waals surface area contributed by atoms with Gasteiger partial charge in [-0.3, -0.25) is 4.90 Å². The maximum Gasteiger partial charge on any atom is 0.118 e. The number of aromatic nitrogens is 3. The maximum atomic E-state index is 5.72. The van der Waals surface area contributed by atoms with Gasteiger partial charge in [-0.15, -0.1) is 5.10 Å². The van der Waals surface area contributed by atoms with Gasteiger partial charge < -0.3 is 9.15 Å². The smallest absolute Gasteiger partial charge is 0.118 e. The number of aryl methyl sites for hydroxylation is 1. The molecule has 23 heavy (non-hydrogen) atoms. The minimum absolute atomic E-state index is 0.327. The predicted molar refractivity (Wildman–Crippen MR) is 84.9 cm³/mol. The number of rotatable bonds is 6. The second-order valence-corrected chi connectivity index (χ2v) is 6.88. The summed E-state index contributed by atoms with van der Waals surface area (Å²) in [6.45, 7) is 6.30. The summed E-state index contributed by atoms with van der Waals surface area (Å²) >= 11 is 0. The third-order valence-electron chi connectivity index (χ3n) is 4.76. The van der Waals surface area contributed by atoms with E-state index < -0.39 is 0 Å². The van der Waals surface area contributed by atoms with Gasteiger partial charge in [0.15, 0.2) is 0 Å². The summed E-state index contributed by atoms with van der Waals surface area (Å²) in [5.41, 5.74) is 2.38. The second-order valence-electron chi connectivity index (χ2n) is 6.88. The van der Waals surface area contributed by atoms with Crippen molar-refractivity contribution in [1.82, 2.24) is 19.9 Å². The molecule has 0 radical (unpaired) electrons. The molecule has 3 heterocycles. The average molecular weight is 316 g/mol. The molecule has 1 aliphatic carbocycles. The number of nitrogens with zero attached hydrogens (tertiary/aromatic N) is 4. The largest absolute Gasteiger partial charge is 0.465 e. The predicted octanol–water partition coefficient (Wildman–Crippen LogP) is 2.34. The van der Waals surface area contributed by atoms with Crippen LogP contribution in [-0.4, -0.2) is 40.2 Å². The van der Waals surface area contributed by atoms with Crippen molar-refractivity contribution in [3.8, 4) is 0 Å². The first-order chi connectivity index (χ1) is 11.2. The molecular weight excluding hydrogens is 292 g/mol. The van der Waals surface area contributed by atoms with Crippen LogP contribution in [-0.2, 0) is 24.4 Å². The van der Waals surface area contributed by atoms with Crippen LogP contribution in [0.2, 0.25) is 0 Å². The van der Waals surface area contributed by atoms with Crippen molar-refractivity contribution in [1.29, 1.82) is 0 Å². The first-order valence-corrected chi connectivity index (χ1v) is 8.42. The third kappa shape index (κ3) is 3.19. The quantitative estimate of drug-likeness (QED) is 0.819. The van der Waals surface area contributed by atoms with Gasteiger partial charge in [0.2, 0.25) is 0 Å². The van der Waals surface area contributed by atoms with E-state index in [1.165, 1.54) is 18.5 Å². The standard InChI is InChI=1S/C17H24N4O2/c1-12-3-6-15(23-12)9-20-8-14(11-22-2)17-16(10-20)18-19-21(17)7-13-4-5-13/h3,6,13-14H,4-5,7-11H2,1-2H3/t14-/m1/s1. The highest BCUT2D eigenvalue weighted by Gasteiger charge is 2.33. The molecule has 0 unspecified atom stereocenters. The summed E-state index contributed by atoms with van der Waals surface area (Å²) in [7, 11) is 1.77. The molecule has 1 saturated carbocycles. The van der Waals surface area contributed by atoms with Gasteiger partial charge in [-0.2, -0.15) is 0 Å². The Morgan fingerprint density at radius 2 is 2.22 bits per heavy atom. The topological polar surface area (TPSA) is 56.3 Å². The van der Waals surface area contributed by atoms with E-state index in [0.29, 0.717) is 12.5 Å². The van der Waals surface area contributed by atoms with Crippen LogP contribution in [0.4, 0.5) is 0 Å². The SMILES string of the molecule is COC[C@H]1CN(Cc2ccc(C)o2)Cc2nnn(CC3CC3)c21. The molecule has 0 aromatic carbocycles. The van der Waals surface area contributed by atoms with E-state index in [1.807, 2.05) is 13.0 Å². The Morgan fingerprint density at radius 3 is 2.91 bits per heavy atom. The average Bonchev–Trinajstić information content (AvgIpc) is 3.11. The molecule has 2 aromatic rings. The van der Waals surface area contributed by atoms with E-state index in [4.69, 9.17) is 9.15 Å². The van der Waals surface area contributed by atoms with Crippen LogP contribution < -0.4 is 0 Å². The van der Waals surface area contributed by atoms with Gasteiger partial charge in [0, 0.05) is 32.7 Å². The lowest BCUT2D eigenvalue weighted by Gasteiger charge is -2.31. The third-order valence-corrected chi connectivity index (χ3v) is 4.76. The molecule has 0 spiro atoms. The number of hydrogen-bond acceptors (Lipinski definition) is 5. The molecule has 2 aliphatic rings. The summed E-state index contributed by atoms with van der Waals surface area (Å²) in [5, 5.41) is 8.87. The Kier molecular flexibility index (Phi) is 3.95. The van der Waals surface area contributed by atoms with E-state index in [1.54, 1.807) is 7.11 Å². The Bertz CT molecular complexity index is 674. The number of fused-ring (bicyclic) bond motifs is 1. The molecule has 0 amide bonds. The summed E-state index contributed by atoms with van der Waals surface area (Å²) in [6.07, 6.45) is 2.65. The van der Waals surface area contributed by atoms with E-state index in [-0.39, 0.29) is 0 Å². The molecular formula is C17H24N4O2. The normalized spacial score (nSPS) is 21.6. The monoisotopic (exact) mass is 316 g/mol. The highest BCUT2D eigenvalue weighted by molar-refractivity contribution is 5.20. The van der Waals surface area contributed by atoms with Crippen LogP contribution in [0.1, 0.15) is 41.7 Å². The Hall–Kier alpha value is -1.66. The molecule has 1 atom stereocenters. The van der Waals surface area contributed by atoms with Gasteiger partial charge in [0.1, 0.15) is 17.2 Å². The van der Waals surface area contributed by atoms with Gasteiger partial charge in [-0.1, -0.05) is 5.21 Å². The fraction of sp³-hybridized carbons (Fsp3) is 0.647. The molecule has 1 aliphatic heterocycles. The number of hydrogen-bond donors (Lipinski definition) is 0. The van der Waals surface area contributed by atoms with Gasteiger partial charge >= 0.3 is 0 Å². The van der Waals surface area contributed by atoms with Gasteiger partial charge in [-0.25, -0.2) is 4.68 Å². The van der Waals surface area contributed by atoms with Crippen LogP contribution in [0.3, 0.4) is 0 Å². The molecule has 0 bridgehead atoms. The number of furan rings is 1. The molecule has 0 N–H and O–H groups in total. The first kappa shape index (κ1) is 14.9. The molecule has 1 fully saturated rings. The van der Waals surface area contributed by atoms with Crippen LogP contribution in [0.25, 0.3) is 0 Å². The lowest BCUT2D eigenvalue weighted by molar-refractivity contribution is 0.127. The first-order valence-electron chi connectivity index (χ1n) is 8.42. The Balaban J connectivity index is 1.54. The van der Waals surface area contributed by atoms with E-state index in [2.05, 4.69) is 26.0 Å². The van der Waals surface area contributed by atoms with Crippen LogP contribution in [0.5, 0.6) is 0 Å². The summed E-state index contributed by atoms with van der Waals surface area (Å²) in [4.78, 5) is 2.38. The summed E-state index contributed by atoms with van der Waals surface area (Å²) in [6, 6.07) is 4.07. The zero-order valence-electron chi connectivity index (χ0n) is 13.9. The van der Waals surface area contributed by atoms with Gasteiger partial charge in [0.05, 0.1) is 18.8 Å². The molecule has 2 aromatic heterocycles. The zero-order chi connectivity index (χ0) is 15.8. The Labute approximate surface area is 136 Å². The van der Waals surface area contributed by atoms with Crippen molar-refractivity contribution in [3.63, 3.8) is 0 Å². The second kappa shape index (κ2) is 6.09. The molecule has 4 rings (SSSR count). The minimum atomic E-state index is 0.327. The molecule has 124 valence electrons. The Morgan fingerprint density at radius 1 is 1.35 bits per heavy atom. The van der Waals surface area contributed by atoms with Crippen molar-refractivity contribution < 1.29 is 9.15 Å². The van der Waals surface area contributed by atoms with Crippen molar-refractivity contribution in [2.24, 2.45) is 5.92 Å². The van der Waals surface area contributed by atoms with Crippen molar-refractivity contribution in [2.75, 3.05) is 20.3 Å². The fourth-order valence-electron chi connectivity index (χ4n) is 3.51. The van der Waals surface area contributed by atoms with Crippen LogP contribution in [0.15, 0.2) is 16.5 Å². The van der Waals surface area contributed by atoms with E-state index >= 15 is 0 Å². The minimum Gasteiger partial charge on any atom is -0.465 e. The summed E-state index contributed by atoms with van der Waals surface area (Å²) in [5.74, 6) is 3.09. The number of methoxy groups -OCH3 is 1. The van der Waals surface area contributed by atoms with Crippen molar-refractivity contribution >= 4 is 0 Å². The molecule has 0 saturated heterocycles. The fourth-order valence-corrected chi connectivity index (χ4v) is 3.51. The highest BCUT2D eigenvalue weighted by atomic mass is 16.5. The van der Waals surface area contributed by atoms with E-state index in [9.17, 15) is 0 Å². The van der Waals surface area contributed by atoms with Crippen LogP contribution >= 0.6 is 0 Å². The van der Waals surface area contributed by atoms with Crippen LogP contribution in [0, 0.1) is 12.8 Å². The van der Waals surface area contributed by atoms with Crippen molar-refractivity contribution in [3.05, 3.63) is 35.0 Å². The molecule has 6 heteroatoms. The maximum absolute atomic E-state index is 5.72. The van der Waals surface area contributed by atoms with E-state index in [0.717, 1.165) is 49.3 Å².